The molecule has 2 aromatic rings. The third-order valence-electron chi connectivity index (χ3n) is 6.12. The van der Waals surface area contributed by atoms with Crippen molar-refractivity contribution in [3.63, 3.8) is 0 Å². The lowest BCUT2D eigenvalue weighted by molar-refractivity contribution is -0.110. The third kappa shape index (κ3) is 3.85. The van der Waals surface area contributed by atoms with Gasteiger partial charge in [0.1, 0.15) is 0 Å². The Kier molecular flexibility index (Phi) is 5.70. The number of carbonyl (C=O) groups is 2. The van der Waals surface area contributed by atoms with Crippen LogP contribution in [0.2, 0.25) is 0 Å². The van der Waals surface area contributed by atoms with Gasteiger partial charge in [0.15, 0.2) is 0 Å². The maximum atomic E-state index is 13.2. The van der Waals surface area contributed by atoms with E-state index >= 15 is 0 Å². The van der Waals surface area contributed by atoms with Gasteiger partial charge in [0.2, 0.25) is 10.0 Å². The summed E-state index contributed by atoms with van der Waals surface area (Å²) in [6.45, 7) is 6.72. The summed E-state index contributed by atoms with van der Waals surface area (Å²) in [5, 5.41) is 2.77. The number of sulfonamides is 1. The Morgan fingerprint density at radius 2 is 1.84 bits per heavy atom. The number of hydrogen-bond donors (Lipinski definition) is 3. The van der Waals surface area contributed by atoms with Crippen molar-refractivity contribution < 1.29 is 18.0 Å². The highest BCUT2D eigenvalue weighted by Crippen LogP contribution is 2.35. The molecule has 0 spiro atoms. The average Bonchev–Trinajstić information content (AvgIpc) is 3.22. The second-order valence-corrected chi connectivity index (χ2v) is 10.1. The fourth-order valence-corrected chi connectivity index (χ4v) is 4.90. The zero-order valence-corrected chi connectivity index (χ0v) is 19.4. The molecule has 1 fully saturated rings. The van der Waals surface area contributed by atoms with Crippen molar-refractivity contribution in [1.29, 1.82) is 0 Å². The highest BCUT2D eigenvalue weighted by atomic mass is 32.2. The van der Waals surface area contributed by atoms with Crippen LogP contribution in [-0.4, -0.2) is 75.3 Å². The van der Waals surface area contributed by atoms with Crippen molar-refractivity contribution in [2.24, 2.45) is 0 Å². The highest BCUT2D eigenvalue weighted by molar-refractivity contribution is 7.89. The molecule has 2 aliphatic heterocycles. The lowest BCUT2D eigenvalue weighted by Gasteiger charge is -2.32. The van der Waals surface area contributed by atoms with Gasteiger partial charge in [0, 0.05) is 48.8 Å². The van der Waals surface area contributed by atoms with Crippen LogP contribution in [0.25, 0.3) is 11.6 Å². The molecule has 0 bridgehead atoms. The summed E-state index contributed by atoms with van der Waals surface area (Å²) < 4.78 is 26.7. The Hall–Kier alpha value is -2.95. The second-order valence-electron chi connectivity index (χ2n) is 8.19. The largest absolute Gasteiger partial charge is 0.358 e. The number of likely N-dealkylation sites (N-methyl/N-ethyl adjacent to an activating group) is 1. The molecule has 2 amide bonds. The van der Waals surface area contributed by atoms with Gasteiger partial charge in [-0.2, -0.15) is 0 Å². The van der Waals surface area contributed by atoms with E-state index in [0.717, 1.165) is 24.3 Å². The molecule has 3 heterocycles. The Labute approximate surface area is 187 Å². The van der Waals surface area contributed by atoms with Crippen LogP contribution >= 0.6 is 0 Å². The smallest absolute Gasteiger partial charge is 0.256 e. The molecule has 0 saturated carbocycles. The quantitative estimate of drug-likeness (QED) is 0.601. The van der Waals surface area contributed by atoms with Gasteiger partial charge in [-0.25, -0.2) is 13.1 Å². The number of fused-ring (bicyclic) bond motifs is 1. The van der Waals surface area contributed by atoms with Crippen molar-refractivity contribution in [2.45, 2.75) is 18.7 Å². The zero-order chi connectivity index (χ0) is 23.2. The van der Waals surface area contributed by atoms with Gasteiger partial charge < -0.3 is 20.1 Å². The summed E-state index contributed by atoms with van der Waals surface area (Å²) in [5.74, 6) is -0.342. The number of aromatic amines is 1. The number of hydrogen-bond acceptors (Lipinski definition) is 5. The molecule has 0 radical (unpaired) electrons. The summed E-state index contributed by atoms with van der Waals surface area (Å²) in [6, 6.07) is 4.50. The molecule has 9 nitrogen and oxygen atoms in total. The molecule has 0 unspecified atom stereocenters. The SMILES string of the molecule is CNS(=O)(=O)c1ccc2c(c1)C(=Cc1[nH]c(C)c(C(=O)N3CCN(C)CC3)c1C)C(=O)N2. The molecule has 170 valence electrons. The molecule has 32 heavy (non-hydrogen) atoms. The minimum absolute atomic E-state index is 0.0207. The van der Waals surface area contributed by atoms with Crippen molar-refractivity contribution >= 4 is 39.2 Å². The number of benzene rings is 1. The van der Waals surface area contributed by atoms with Crippen molar-refractivity contribution in [3.05, 3.63) is 46.3 Å². The first-order valence-electron chi connectivity index (χ1n) is 10.4. The normalized spacial score (nSPS) is 18.2. The van der Waals surface area contributed by atoms with E-state index in [1.807, 2.05) is 25.8 Å². The van der Waals surface area contributed by atoms with E-state index < -0.39 is 10.0 Å². The van der Waals surface area contributed by atoms with Gasteiger partial charge in [-0.05, 0) is 57.8 Å². The average molecular weight is 458 g/mol. The number of H-pyrrole nitrogens is 1. The van der Waals surface area contributed by atoms with Crippen LogP contribution in [0, 0.1) is 13.8 Å². The Morgan fingerprint density at radius 1 is 1.16 bits per heavy atom. The van der Waals surface area contributed by atoms with Crippen LogP contribution in [0.3, 0.4) is 0 Å². The Balaban J connectivity index is 1.72. The summed E-state index contributed by atoms with van der Waals surface area (Å²) in [5.41, 5.74) is 4.17. The number of anilines is 1. The minimum Gasteiger partial charge on any atom is -0.358 e. The summed E-state index contributed by atoms with van der Waals surface area (Å²) >= 11 is 0. The predicted molar refractivity (Wildman–Crippen MR) is 123 cm³/mol. The van der Waals surface area contributed by atoms with E-state index in [1.54, 1.807) is 12.1 Å². The molecule has 10 heteroatoms. The molecule has 1 aromatic heterocycles. The van der Waals surface area contributed by atoms with E-state index in [2.05, 4.69) is 19.9 Å². The fourth-order valence-electron chi connectivity index (χ4n) is 4.15. The van der Waals surface area contributed by atoms with Crippen molar-refractivity contribution in [2.75, 3.05) is 45.6 Å². The summed E-state index contributed by atoms with van der Waals surface area (Å²) in [6.07, 6.45) is 1.68. The van der Waals surface area contributed by atoms with Crippen LogP contribution in [0.5, 0.6) is 0 Å². The lowest BCUT2D eigenvalue weighted by atomic mass is 10.0. The van der Waals surface area contributed by atoms with Gasteiger partial charge in [0.05, 0.1) is 16.0 Å². The molecule has 3 N–H and O–H groups in total. The van der Waals surface area contributed by atoms with Crippen molar-refractivity contribution in [1.82, 2.24) is 19.5 Å². The fraction of sp³-hybridized carbons (Fsp3) is 0.364. The number of aryl methyl sites for hydroxylation is 1. The van der Waals surface area contributed by atoms with E-state index in [0.29, 0.717) is 41.2 Å². The molecule has 1 aromatic carbocycles. The lowest BCUT2D eigenvalue weighted by Crippen LogP contribution is -2.47. The number of aromatic nitrogens is 1. The Bertz CT molecular complexity index is 1240. The first-order valence-corrected chi connectivity index (χ1v) is 11.9. The summed E-state index contributed by atoms with van der Waals surface area (Å²) in [4.78, 5) is 33.2. The van der Waals surface area contributed by atoms with E-state index in [4.69, 9.17) is 0 Å². The van der Waals surface area contributed by atoms with Crippen LogP contribution in [-0.2, 0) is 14.8 Å². The topological polar surface area (TPSA) is 115 Å². The van der Waals surface area contributed by atoms with Crippen LogP contribution in [0.15, 0.2) is 23.1 Å². The Morgan fingerprint density at radius 3 is 2.50 bits per heavy atom. The molecule has 1 saturated heterocycles. The third-order valence-corrected chi connectivity index (χ3v) is 7.53. The molecular formula is C22H27N5O4S. The number of nitrogens with zero attached hydrogens (tertiary/aromatic N) is 2. The van der Waals surface area contributed by atoms with Gasteiger partial charge in [0.25, 0.3) is 11.8 Å². The number of amides is 2. The maximum Gasteiger partial charge on any atom is 0.256 e. The standard InChI is InChI=1S/C22H27N5O4S/c1-13-19(24-14(2)20(13)22(29)27-9-7-26(4)8-10-27)12-17-16-11-15(32(30,31)23-3)5-6-18(16)25-21(17)28/h5-6,11-12,23-24H,7-10H2,1-4H3,(H,25,28). The van der Waals surface area contributed by atoms with E-state index in [9.17, 15) is 18.0 Å². The van der Waals surface area contributed by atoms with Gasteiger partial charge in [-0.3, -0.25) is 9.59 Å². The number of nitrogens with one attached hydrogen (secondary N) is 3. The first-order chi connectivity index (χ1) is 15.1. The van der Waals surface area contributed by atoms with E-state index in [1.165, 1.54) is 19.2 Å². The van der Waals surface area contributed by atoms with Crippen molar-refractivity contribution in [3.8, 4) is 0 Å². The van der Waals surface area contributed by atoms with E-state index in [-0.39, 0.29) is 16.7 Å². The van der Waals surface area contributed by atoms with Gasteiger partial charge >= 0.3 is 0 Å². The molecule has 0 atom stereocenters. The number of carbonyl (C=O) groups excluding carboxylic acids is 2. The maximum absolute atomic E-state index is 13.2. The second kappa shape index (κ2) is 8.19. The first kappa shape index (κ1) is 22.3. The van der Waals surface area contributed by atoms with Crippen LogP contribution in [0.1, 0.15) is 32.9 Å². The molecule has 0 aliphatic carbocycles. The van der Waals surface area contributed by atoms with Crippen LogP contribution < -0.4 is 10.0 Å². The minimum atomic E-state index is -3.65. The summed E-state index contributed by atoms with van der Waals surface area (Å²) in [7, 11) is -0.271. The molecule has 2 aliphatic rings. The van der Waals surface area contributed by atoms with Crippen LogP contribution in [0.4, 0.5) is 5.69 Å². The molecular weight excluding hydrogens is 430 g/mol. The monoisotopic (exact) mass is 457 g/mol. The van der Waals surface area contributed by atoms with Gasteiger partial charge in [-0.15, -0.1) is 0 Å². The highest BCUT2D eigenvalue weighted by Gasteiger charge is 2.29. The molecule has 4 rings (SSSR count). The number of piperazine rings is 1. The van der Waals surface area contributed by atoms with Gasteiger partial charge in [-0.1, -0.05) is 0 Å². The predicted octanol–water partition coefficient (Wildman–Crippen LogP) is 1.42. The zero-order valence-electron chi connectivity index (χ0n) is 18.6. The number of rotatable bonds is 4.